The summed E-state index contributed by atoms with van der Waals surface area (Å²) in [5.74, 6) is 0.930. The van der Waals surface area contributed by atoms with Crippen LogP contribution in [0.3, 0.4) is 0 Å². The summed E-state index contributed by atoms with van der Waals surface area (Å²) in [6.07, 6.45) is 3.62. The summed E-state index contributed by atoms with van der Waals surface area (Å²) in [5, 5.41) is 17.5. The molecule has 0 fully saturated rings. The van der Waals surface area contributed by atoms with E-state index in [1.165, 1.54) is 6.21 Å². The lowest BCUT2D eigenvalue weighted by molar-refractivity contribution is -0.116. The molecule has 6 heteroatoms. The molecule has 1 unspecified atom stereocenters. The van der Waals surface area contributed by atoms with Crippen molar-refractivity contribution >= 4 is 17.8 Å². The molecule has 2 heterocycles. The van der Waals surface area contributed by atoms with E-state index in [9.17, 15) is 9.90 Å². The molecular weight excluding hydrogens is 342 g/mol. The van der Waals surface area contributed by atoms with Gasteiger partial charge in [-0.2, -0.15) is 5.10 Å². The number of aromatic amines is 1. The minimum atomic E-state index is -0.155. The van der Waals surface area contributed by atoms with Crippen LogP contribution >= 0.6 is 0 Å². The number of nitrogens with one attached hydrogen (secondary N) is 1. The molecule has 0 amide bonds. The minimum Gasteiger partial charge on any atom is -0.511 e. The van der Waals surface area contributed by atoms with E-state index in [0.29, 0.717) is 18.0 Å². The van der Waals surface area contributed by atoms with E-state index >= 15 is 0 Å². The Hall–Kier alpha value is -3.41. The Morgan fingerprint density at radius 2 is 2.04 bits per heavy atom. The first-order valence-electron chi connectivity index (χ1n) is 8.76. The Labute approximate surface area is 156 Å². The number of benzene rings is 1. The molecule has 4 rings (SSSR count). The summed E-state index contributed by atoms with van der Waals surface area (Å²) < 4.78 is 5.37. The van der Waals surface area contributed by atoms with Crippen molar-refractivity contribution in [3.8, 4) is 11.1 Å². The number of aryl methyl sites for hydroxylation is 1. The molecule has 1 aromatic carbocycles. The van der Waals surface area contributed by atoms with Gasteiger partial charge in [0.15, 0.2) is 11.6 Å². The van der Waals surface area contributed by atoms with Gasteiger partial charge in [0.25, 0.3) is 0 Å². The van der Waals surface area contributed by atoms with Gasteiger partial charge in [0.2, 0.25) is 0 Å². The third-order valence-corrected chi connectivity index (χ3v) is 4.73. The second-order valence-electron chi connectivity index (χ2n) is 6.58. The van der Waals surface area contributed by atoms with E-state index in [2.05, 4.69) is 15.2 Å². The number of aliphatic hydroxyl groups excluding tert-OH is 1. The lowest BCUT2D eigenvalue weighted by Gasteiger charge is -2.20. The Morgan fingerprint density at radius 1 is 1.22 bits per heavy atom. The van der Waals surface area contributed by atoms with E-state index in [1.54, 1.807) is 12.3 Å². The van der Waals surface area contributed by atoms with Crippen LogP contribution in [0, 0.1) is 6.92 Å². The van der Waals surface area contributed by atoms with Gasteiger partial charge in [-0.3, -0.25) is 9.89 Å². The second-order valence-corrected chi connectivity index (χ2v) is 6.58. The molecule has 0 saturated heterocycles. The number of Topliss-reactive ketones (excluding diaryl/α,β-unsaturated/α-hetero) is 1. The number of H-pyrrole nitrogens is 1. The zero-order chi connectivity index (χ0) is 18.8. The lowest BCUT2D eigenvalue weighted by Crippen LogP contribution is -2.19. The van der Waals surface area contributed by atoms with Gasteiger partial charge in [-0.25, -0.2) is 4.99 Å². The number of aliphatic hydroxyl groups is 1. The Morgan fingerprint density at radius 3 is 2.74 bits per heavy atom. The van der Waals surface area contributed by atoms with Crippen LogP contribution in [-0.2, 0) is 4.79 Å². The van der Waals surface area contributed by atoms with Gasteiger partial charge < -0.3 is 9.52 Å². The molecule has 3 aromatic rings. The fraction of sp³-hybridized carbons (Fsp3) is 0.190. The van der Waals surface area contributed by atoms with Crippen LogP contribution in [0.5, 0.6) is 0 Å². The van der Waals surface area contributed by atoms with Gasteiger partial charge in [0, 0.05) is 36.2 Å². The predicted octanol–water partition coefficient (Wildman–Crippen LogP) is 4.64. The van der Waals surface area contributed by atoms with Crippen molar-refractivity contribution < 1.29 is 14.3 Å². The molecule has 0 saturated carbocycles. The third kappa shape index (κ3) is 3.33. The highest BCUT2D eigenvalue weighted by atomic mass is 16.3. The summed E-state index contributed by atoms with van der Waals surface area (Å²) in [7, 11) is 0. The average molecular weight is 361 g/mol. The number of hydrogen-bond acceptors (Lipinski definition) is 5. The number of hydrogen-bond donors (Lipinski definition) is 2. The van der Waals surface area contributed by atoms with Gasteiger partial charge in [-0.15, -0.1) is 0 Å². The number of allylic oxidation sites excluding steroid dienone is 2. The lowest BCUT2D eigenvalue weighted by atomic mass is 9.86. The molecule has 2 N–H and O–H groups in total. The number of ketones is 1. The van der Waals surface area contributed by atoms with Crippen molar-refractivity contribution in [2.24, 2.45) is 4.99 Å². The van der Waals surface area contributed by atoms with Crippen LogP contribution in [0.4, 0.5) is 5.82 Å². The van der Waals surface area contributed by atoms with Crippen molar-refractivity contribution in [2.75, 3.05) is 0 Å². The molecule has 0 aliphatic heterocycles. The number of nitrogens with zero attached hydrogens (tertiary/aromatic N) is 2. The van der Waals surface area contributed by atoms with Crippen molar-refractivity contribution in [1.29, 1.82) is 0 Å². The van der Waals surface area contributed by atoms with E-state index in [-0.39, 0.29) is 29.5 Å². The minimum absolute atomic E-state index is 0.0323. The van der Waals surface area contributed by atoms with E-state index < -0.39 is 0 Å². The molecule has 1 atom stereocenters. The van der Waals surface area contributed by atoms with Crippen molar-refractivity contribution in [3.63, 3.8) is 0 Å². The smallest absolute Gasteiger partial charge is 0.181 e. The summed E-state index contributed by atoms with van der Waals surface area (Å²) in [5.41, 5.74) is 2.99. The van der Waals surface area contributed by atoms with Gasteiger partial charge in [0.05, 0.1) is 11.8 Å². The highest BCUT2D eigenvalue weighted by molar-refractivity contribution is 6.15. The highest BCUT2D eigenvalue weighted by Gasteiger charge is 2.29. The normalized spacial score (nSPS) is 17.8. The molecule has 1 aliphatic carbocycles. The molecular formula is C21H19N3O3. The number of rotatable bonds is 4. The molecule has 6 nitrogen and oxygen atoms in total. The molecule has 1 aliphatic rings. The van der Waals surface area contributed by atoms with Crippen LogP contribution in [0.25, 0.3) is 11.1 Å². The van der Waals surface area contributed by atoms with Crippen molar-refractivity contribution in [3.05, 3.63) is 71.5 Å². The third-order valence-electron chi connectivity index (χ3n) is 4.73. The topological polar surface area (TPSA) is 91.5 Å². The molecule has 27 heavy (non-hydrogen) atoms. The molecule has 136 valence electrons. The summed E-state index contributed by atoms with van der Waals surface area (Å²) in [6.45, 7) is 1.92. The Bertz CT molecular complexity index is 1010. The van der Waals surface area contributed by atoms with Gasteiger partial charge in [-0.05, 0) is 24.6 Å². The maximum Gasteiger partial charge on any atom is 0.181 e. The number of furan rings is 1. The molecule has 2 aromatic heterocycles. The standard InChI is InChI=1S/C21H19N3O3/c1-13-20(14-6-3-2-4-7-14)21(24-23-13)22-12-16-17(25)10-15(11-18(16)26)19-8-5-9-27-19/h2-9,12,15,25H,10-11H2,1H3,(H,23,24). The first-order valence-corrected chi connectivity index (χ1v) is 8.76. The van der Waals surface area contributed by atoms with Crippen LogP contribution in [0.15, 0.2) is 69.5 Å². The predicted molar refractivity (Wildman–Crippen MR) is 102 cm³/mol. The molecule has 0 bridgehead atoms. The van der Waals surface area contributed by atoms with Crippen molar-refractivity contribution in [2.45, 2.75) is 25.7 Å². The van der Waals surface area contributed by atoms with E-state index in [0.717, 1.165) is 16.8 Å². The number of aliphatic imine (C=N–C) groups is 1. The molecule has 0 spiro atoms. The van der Waals surface area contributed by atoms with Crippen LogP contribution in [0.2, 0.25) is 0 Å². The van der Waals surface area contributed by atoms with Gasteiger partial charge in [0.1, 0.15) is 11.5 Å². The quantitative estimate of drug-likeness (QED) is 0.662. The van der Waals surface area contributed by atoms with Crippen LogP contribution in [0.1, 0.15) is 30.2 Å². The van der Waals surface area contributed by atoms with Crippen molar-refractivity contribution in [1.82, 2.24) is 10.2 Å². The summed E-state index contributed by atoms with van der Waals surface area (Å²) >= 11 is 0. The maximum absolute atomic E-state index is 12.5. The number of carbonyl (C=O) groups is 1. The van der Waals surface area contributed by atoms with Gasteiger partial charge >= 0.3 is 0 Å². The Balaban J connectivity index is 1.62. The fourth-order valence-corrected chi connectivity index (χ4v) is 3.37. The largest absolute Gasteiger partial charge is 0.511 e. The fourth-order valence-electron chi connectivity index (χ4n) is 3.37. The summed E-state index contributed by atoms with van der Waals surface area (Å²) in [6, 6.07) is 13.4. The highest BCUT2D eigenvalue weighted by Crippen LogP contribution is 2.34. The zero-order valence-corrected chi connectivity index (χ0v) is 14.8. The average Bonchev–Trinajstić information content (AvgIpc) is 3.32. The Kier molecular flexibility index (Phi) is 4.46. The second kappa shape index (κ2) is 7.07. The number of carbonyl (C=O) groups excluding carboxylic acids is 1. The van der Waals surface area contributed by atoms with Gasteiger partial charge in [-0.1, -0.05) is 30.3 Å². The SMILES string of the molecule is Cc1[nH]nc(N=CC2=C(O)CC(c3ccco3)CC2=O)c1-c1ccccc1. The van der Waals surface area contributed by atoms with Crippen LogP contribution in [-0.4, -0.2) is 27.3 Å². The summed E-state index contributed by atoms with van der Waals surface area (Å²) in [4.78, 5) is 16.9. The van der Waals surface area contributed by atoms with E-state index in [1.807, 2.05) is 43.3 Å². The monoisotopic (exact) mass is 361 g/mol. The maximum atomic E-state index is 12.5. The first kappa shape index (κ1) is 17.0. The van der Waals surface area contributed by atoms with E-state index in [4.69, 9.17) is 4.42 Å². The first-order chi connectivity index (χ1) is 13.1. The zero-order valence-electron chi connectivity index (χ0n) is 14.8. The number of aromatic nitrogens is 2. The van der Waals surface area contributed by atoms with Crippen LogP contribution < -0.4 is 0 Å². The molecule has 0 radical (unpaired) electrons.